The summed E-state index contributed by atoms with van der Waals surface area (Å²) in [6.45, 7) is 8.10. The Morgan fingerprint density at radius 3 is 2.84 bits per heavy atom. The van der Waals surface area contributed by atoms with Crippen molar-refractivity contribution in [2.24, 2.45) is 0 Å². The maximum absolute atomic E-state index is 5.43. The SMILES string of the molecule is CCCNC(c1coc(C)c1)c1cnnn1CCC. The van der Waals surface area contributed by atoms with Crippen LogP contribution in [0.2, 0.25) is 0 Å². The molecule has 1 atom stereocenters. The molecule has 0 aliphatic carbocycles. The normalized spacial score (nSPS) is 12.8. The van der Waals surface area contributed by atoms with Crippen molar-refractivity contribution in [1.29, 1.82) is 0 Å². The Labute approximate surface area is 114 Å². The average Bonchev–Trinajstić information content (AvgIpc) is 3.01. The molecular weight excluding hydrogens is 240 g/mol. The Hall–Kier alpha value is -1.62. The summed E-state index contributed by atoms with van der Waals surface area (Å²) in [5.41, 5.74) is 2.22. The van der Waals surface area contributed by atoms with Gasteiger partial charge >= 0.3 is 0 Å². The van der Waals surface area contributed by atoms with Gasteiger partial charge in [-0.1, -0.05) is 19.1 Å². The molecule has 2 heterocycles. The molecule has 2 rings (SSSR count). The van der Waals surface area contributed by atoms with E-state index in [1.165, 1.54) is 0 Å². The van der Waals surface area contributed by atoms with Crippen LogP contribution in [0.25, 0.3) is 0 Å². The molecule has 5 heteroatoms. The Morgan fingerprint density at radius 2 is 2.21 bits per heavy atom. The number of rotatable bonds is 7. The summed E-state index contributed by atoms with van der Waals surface area (Å²) >= 11 is 0. The molecule has 5 nitrogen and oxygen atoms in total. The molecule has 0 fully saturated rings. The number of aryl methyl sites for hydroxylation is 2. The molecule has 0 bridgehead atoms. The maximum atomic E-state index is 5.43. The standard InChI is InChI=1S/C14H22N4O/c1-4-6-15-14(12-8-11(3)19-10-12)13-9-16-17-18(13)7-5-2/h8-10,14-15H,4-7H2,1-3H3. The van der Waals surface area contributed by atoms with Crippen LogP contribution in [-0.4, -0.2) is 21.5 Å². The van der Waals surface area contributed by atoms with Crippen LogP contribution in [0.4, 0.5) is 0 Å². The molecule has 0 spiro atoms. The molecule has 19 heavy (non-hydrogen) atoms. The zero-order valence-corrected chi connectivity index (χ0v) is 11.9. The average molecular weight is 262 g/mol. The first-order valence-corrected chi connectivity index (χ1v) is 6.93. The van der Waals surface area contributed by atoms with Crippen molar-refractivity contribution in [3.8, 4) is 0 Å². The fourth-order valence-electron chi connectivity index (χ4n) is 2.17. The first-order chi connectivity index (χ1) is 9.26. The van der Waals surface area contributed by atoms with Crippen LogP contribution in [0.15, 0.2) is 22.9 Å². The Bertz CT molecular complexity index is 503. The van der Waals surface area contributed by atoms with Gasteiger partial charge in [0.25, 0.3) is 0 Å². The summed E-state index contributed by atoms with van der Waals surface area (Å²) in [6.07, 6.45) is 5.78. The van der Waals surface area contributed by atoms with Gasteiger partial charge in [0.1, 0.15) is 5.76 Å². The highest BCUT2D eigenvalue weighted by molar-refractivity contribution is 5.25. The van der Waals surface area contributed by atoms with Gasteiger partial charge in [-0.05, 0) is 32.4 Å². The van der Waals surface area contributed by atoms with Crippen LogP contribution >= 0.6 is 0 Å². The van der Waals surface area contributed by atoms with Crippen molar-refractivity contribution in [2.45, 2.75) is 46.2 Å². The minimum absolute atomic E-state index is 0.0962. The van der Waals surface area contributed by atoms with Crippen LogP contribution in [0.1, 0.15) is 49.7 Å². The van der Waals surface area contributed by atoms with E-state index >= 15 is 0 Å². The lowest BCUT2D eigenvalue weighted by molar-refractivity contribution is 0.494. The second kappa shape index (κ2) is 6.52. The molecular formula is C14H22N4O. The molecule has 0 radical (unpaired) electrons. The first kappa shape index (κ1) is 13.8. The monoisotopic (exact) mass is 262 g/mol. The predicted octanol–water partition coefficient (Wildman–Crippen LogP) is 2.68. The number of hydrogen-bond acceptors (Lipinski definition) is 4. The highest BCUT2D eigenvalue weighted by atomic mass is 16.3. The summed E-state index contributed by atoms with van der Waals surface area (Å²) in [4.78, 5) is 0. The highest BCUT2D eigenvalue weighted by Gasteiger charge is 2.20. The molecule has 0 aliphatic rings. The third-order valence-corrected chi connectivity index (χ3v) is 3.06. The molecule has 0 aromatic carbocycles. The number of furan rings is 1. The molecule has 0 amide bonds. The van der Waals surface area contributed by atoms with Gasteiger partial charge in [-0.25, -0.2) is 4.68 Å². The lowest BCUT2D eigenvalue weighted by atomic mass is 10.1. The minimum atomic E-state index is 0.0962. The summed E-state index contributed by atoms with van der Waals surface area (Å²) in [5.74, 6) is 0.924. The lowest BCUT2D eigenvalue weighted by Crippen LogP contribution is -2.25. The lowest BCUT2D eigenvalue weighted by Gasteiger charge is -2.17. The van der Waals surface area contributed by atoms with Crippen molar-refractivity contribution < 1.29 is 4.42 Å². The van der Waals surface area contributed by atoms with E-state index in [0.717, 1.165) is 42.9 Å². The van der Waals surface area contributed by atoms with Crippen LogP contribution in [0.5, 0.6) is 0 Å². The van der Waals surface area contributed by atoms with Gasteiger partial charge in [0.2, 0.25) is 0 Å². The van der Waals surface area contributed by atoms with Gasteiger partial charge < -0.3 is 9.73 Å². The topological polar surface area (TPSA) is 55.9 Å². The second-order valence-electron chi connectivity index (χ2n) is 4.76. The molecule has 0 saturated heterocycles. The van der Waals surface area contributed by atoms with Crippen molar-refractivity contribution in [2.75, 3.05) is 6.54 Å². The summed E-state index contributed by atoms with van der Waals surface area (Å²) in [7, 11) is 0. The van der Waals surface area contributed by atoms with E-state index in [4.69, 9.17) is 4.42 Å². The molecule has 1 N–H and O–H groups in total. The van der Waals surface area contributed by atoms with E-state index in [1.54, 1.807) is 0 Å². The highest BCUT2D eigenvalue weighted by Crippen LogP contribution is 2.23. The number of nitrogens with zero attached hydrogens (tertiary/aromatic N) is 3. The number of nitrogens with one attached hydrogen (secondary N) is 1. The van der Waals surface area contributed by atoms with E-state index in [9.17, 15) is 0 Å². The van der Waals surface area contributed by atoms with Crippen molar-refractivity contribution >= 4 is 0 Å². The zero-order valence-electron chi connectivity index (χ0n) is 11.9. The van der Waals surface area contributed by atoms with E-state index in [0.29, 0.717) is 0 Å². The van der Waals surface area contributed by atoms with Gasteiger partial charge in [0.05, 0.1) is 24.2 Å². The van der Waals surface area contributed by atoms with E-state index in [1.807, 2.05) is 24.1 Å². The third-order valence-electron chi connectivity index (χ3n) is 3.06. The first-order valence-electron chi connectivity index (χ1n) is 6.93. The van der Waals surface area contributed by atoms with E-state index in [-0.39, 0.29) is 6.04 Å². The Kier molecular flexibility index (Phi) is 4.74. The van der Waals surface area contributed by atoms with Crippen LogP contribution in [-0.2, 0) is 6.54 Å². The molecule has 104 valence electrons. The Balaban J connectivity index is 2.28. The maximum Gasteiger partial charge on any atom is 0.101 e. The van der Waals surface area contributed by atoms with Gasteiger partial charge in [-0.15, -0.1) is 5.10 Å². The summed E-state index contributed by atoms with van der Waals surface area (Å²) < 4.78 is 7.40. The molecule has 1 unspecified atom stereocenters. The van der Waals surface area contributed by atoms with Gasteiger partial charge in [-0.2, -0.15) is 0 Å². The third kappa shape index (κ3) is 3.23. The molecule has 0 aliphatic heterocycles. The van der Waals surface area contributed by atoms with Crippen LogP contribution in [0.3, 0.4) is 0 Å². The predicted molar refractivity (Wildman–Crippen MR) is 73.9 cm³/mol. The fourth-order valence-corrected chi connectivity index (χ4v) is 2.17. The van der Waals surface area contributed by atoms with Crippen molar-refractivity contribution in [3.63, 3.8) is 0 Å². The smallest absolute Gasteiger partial charge is 0.101 e. The van der Waals surface area contributed by atoms with E-state index in [2.05, 4.69) is 35.5 Å². The Morgan fingerprint density at radius 1 is 1.37 bits per heavy atom. The molecule has 2 aromatic heterocycles. The minimum Gasteiger partial charge on any atom is -0.469 e. The van der Waals surface area contributed by atoms with E-state index < -0.39 is 0 Å². The molecule has 0 saturated carbocycles. The number of aromatic nitrogens is 3. The molecule has 2 aromatic rings. The van der Waals surface area contributed by atoms with Crippen LogP contribution in [0, 0.1) is 6.92 Å². The van der Waals surface area contributed by atoms with Crippen LogP contribution < -0.4 is 5.32 Å². The zero-order chi connectivity index (χ0) is 13.7. The largest absolute Gasteiger partial charge is 0.469 e. The van der Waals surface area contributed by atoms with Gasteiger partial charge in [-0.3, -0.25) is 0 Å². The van der Waals surface area contributed by atoms with Gasteiger partial charge in [0, 0.05) is 12.1 Å². The van der Waals surface area contributed by atoms with Gasteiger partial charge in [0.15, 0.2) is 0 Å². The van der Waals surface area contributed by atoms with Crippen molar-refractivity contribution in [3.05, 3.63) is 35.5 Å². The fraction of sp³-hybridized carbons (Fsp3) is 0.571. The summed E-state index contributed by atoms with van der Waals surface area (Å²) in [5, 5.41) is 11.7. The van der Waals surface area contributed by atoms with Crippen molar-refractivity contribution in [1.82, 2.24) is 20.3 Å². The second-order valence-corrected chi connectivity index (χ2v) is 4.76. The number of hydrogen-bond donors (Lipinski definition) is 1. The summed E-state index contributed by atoms with van der Waals surface area (Å²) in [6, 6.07) is 2.16. The quantitative estimate of drug-likeness (QED) is 0.833.